The number of benzene rings is 8. The molecule has 0 amide bonds. The number of hydrogen-bond donors (Lipinski definition) is 0. The van der Waals surface area contributed by atoms with E-state index < -0.39 is 0 Å². The molecule has 2 atom stereocenters. The average molecular weight is 928 g/mol. The summed E-state index contributed by atoms with van der Waals surface area (Å²) in [5, 5.41) is 2.63. The average Bonchev–Trinajstić information content (AvgIpc) is 3.83. The first-order valence-corrected chi connectivity index (χ1v) is 26.5. The number of fused-ring (bicyclic) bond motifs is 10. The largest absolute Gasteiger partial charge is 0.334 e. The zero-order valence-electron chi connectivity index (χ0n) is 42.2. The summed E-state index contributed by atoms with van der Waals surface area (Å²) in [5.74, 6) is 0. The van der Waals surface area contributed by atoms with Crippen molar-refractivity contribution >= 4 is 100 Å². The van der Waals surface area contributed by atoms with E-state index in [2.05, 4.69) is 241 Å². The number of para-hydroxylation sites is 1. The Morgan fingerprint density at radius 3 is 1.90 bits per heavy atom. The molecule has 346 valence electrons. The number of thiophene rings is 1. The Hall–Kier alpha value is -6.56. The van der Waals surface area contributed by atoms with Crippen LogP contribution in [0.25, 0.3) is 31.3 Å². The zero-order chi connectivity index (χ0) is 48.1. The van der Waals surface area contributed by atoms with Gasteiger partial charge in [0.05, 0.1) is 21.6 Å². The Kier molecular flexibility index (Phi) is 9.45. The summed E-state index contributed by atoms with van der Waals surface area (Å²) in [4.78, 5) is 8.08. The number of hydrogen-bond acceptors (Lipinski definition) is 4. The number of nitrogens with zero attached hydrogens (tertiary/aromatic N) is 3. The number of rotatable bonds is 4. The smallest absolute Gasteiger partial charge is 0.252 e. The third-order valence-corrected chi connectivity index (χ3v) is 18.4. The van der Waals surface area contributed by atoms with Crippen molar-refractivity contribution < 1.29 is 0 Å². The summed E-state index contributed by atoms with van der Waals surface area (Å²) in [5.41, 5.74) is 22.0. The molecule has 9 aromatic rings. The van der Waals surface area contributed by atoms with Gasteiger partial charge in [-0.05, 0) is 142 Å². The van der Waals surface area contributed by atoms with Crippen molar-refractivity contribution in [3.63, 3.8) is 0 Å². The highest BCUT2D eigenvalue weighted by Gasteiger charge is 2.58. The minimum absolute atomic E-state index is 0.00296. The Balaban J connectivity index is 1.13. The van der Waals surface area contributed by atoms with Crippen molar-refractivity contribution in [2.45, 2.75) is 110 Å². The normalized spacial score (nSPS) is 19.3. The quantitative estimate of drug-likeness (QED) is 0.163. The standard InChI is InChI=1S/C65H62BN3S/c1-41-36-57-60-58(37-41)68(54-26-19-23-47-46-22-13-16-27-59(46)70-61(47)54)56-40-45(69-53-25-15-14-24-49(53)64(8)34-17-18-35-65(64,69)9)30-32-51(56)66(60)50-31-28-44(63(5,6)7)39-55(50)67(57)52-33-29-43(62(2,3)4)38-48(52)42-20-11-10-12-21-42/h10-16,19-33,36-40H,17-18,34-35H2,1-9H3. The van der Waals surface area contributed by atoms with E-state index in [9.17, 15) is 0 Å². The van der Waals surface area contributed by atoms with Gasteiger partial charge in [-0.2, -0.15) is 0 Å². The van der Waals surface area contributed by atoms with E-state index in [1.807, 2.05) is 11.3 Å². The van der Waals surface area contributed by atoms with Gasteiger partial charge < -0.3 is 14.7 Å². The molecule has 3 aliphatic heterocycles. The van der Waals surface area contributed by atoms with Crippen LogP contribution in [0.2, 0.25) is 0 Å². The van der Waals surface area contributed by atoms with Crippen LogP contribution in [0, 0.1) is 6.92 Å². The topological polar surface area (TPSA) is 9.72 Å². The molecule has 2 unspecified atom stereocenters. The second kappa shape index (κ2) is 15.2. The second-order valence-corrected chi connectivity index (χ2v) is 24.4. The van der Waals surface area contributed by atoms with Crippen LogP contribution in [-0.4, -0.2) is 12.3 Å². The first kappa shape index (κ1) is 43.5. The van der Waals surface area contributed by atoms with Crippen molar-refractivity contribution in [3.8, 4) is 11.1 Å². The highest BCUT2D eigenvalue weighted by molar-refractivity contribution is 7.26. The molecule has 1 saturated carbocycles. The van der Waals surface area contributed by atoms with Crippen molar-refractivity contribution in [2.24, 2.45) is 0 Å². The molecule has 0 bridgehead atoms. The summed E-state index contributed by atoms with van der Waals surface area (Å²) in [7, 11) is 0. The molecule has 4 aliphatic rings. The summed E-state index contributed by atoms with van der Waals surface area (Å²) in [6, 6.07) is 63.6. The van der Waals surface area contributed by atoms with Gasteiger partial charge in [0.15, 0.2) is 0 Å². The Morgan fingerprint density at radius 2 is 1.13 bits per heavy atom. The van der Waals surface area contributed by atoms with E-state index in [1.165, 1.54) is 135 Å². The maximum Gasteiger partial charge on any atom is 0.252 e. The molecule has 13 rings (SSSR count). The lowest BCUT2D eigenvalue weighted by Gasteiger charge is -2.50. The Labute approximate surface area is 419 Å². The van der Waals surface area contributed by atoms with Gasteiger partial charge in [0.2, 0.25) is 0 Å². The molecule has 0 spiro atoms. The Bertz CT molecular complexity index is 3610. The first-order valence-electron chi connectivity index (χ1n) is 25.7. The number of aryl methyl sites for hydroxylation is 1. The lowest BCUT2D eigenvalue weighted by Crippen LogP contribution is -2.61. The Morgan fingerprint density at radius 1 is 0.514 bits per heavy atom. The van der Waals surface area contributed by atoms with Gasteiger partial charge in [-0.1, -0.05) is 164 Å². The lowest BCUT2D eigenvalue weighted by molar-refractivity contribution is 0.195. The molecule has 8 aromatic carbocycles. The summed E-state index contributed by atoms with van der Waals surface area (Å²) in [6.45, 7) is 21.5. The fraction of sp³-hybridized carbons (Fsp3) is 0.262. The van der Waals surface area contributed by atoms with Gasteiger partial charge in [0, 0.05) is 60.6 Å². The van der Waals surface area contributed by atoms with Crippen molar-refractivity contribution in [1.82, 2.24) is 0 Å². The van der Waals surface area contributed by atoms with Gasteiger partial charge in [-0.15, -0.1) is 11.3 Å². The van der Waals surface area contributed by atoms with Crippen molar-refractivity contribution in [2.75, 3.05) is 14.7 Å². The molecular formula is C65H62BN3S. The van der Waals surface area contributed by atoms with Crippen LogP contribution in [0.4, 0.5) is 45.5 Å². The zero-order valence-corrected chi connectivity index (χ0v) is 43.1. The highest BCUT2D eigenvalue weighted by atomic mass is 32.1. The third kappa shape index (κ3) is 6.19. The van der Waals surface area contributed by atoms with E-state index in [1.54, 1.807) is 0 Å². The van der Waals surface area contributed by atoms with Crippen LogP contribution in [0.1, 0.15) is 103 Å². The monoisotopic (exact) mass is 927 g/mol. The van der Waals surface area contributed by atoms with Gasteiger partial charge in [-0.25, -0.2) is 0 Å². The summed E-state index contributed by atoms with van der Waals surface area (Å²) < 4.78 is 2.64. The minimum atomic E-state index is -0.0594. The van der Waals surface area contributed by atoms with Gasteiger partial charge in [0.25, 0.3) is 6.71 Å². The third-order valence-electron chi connectivity index (χ3n) is 17.1. The van der Waals surface area contributed by atoms with E-state index in [0.717, 1.165) is 6.42 Å². The van der Waals surface area contributed by atoms with Gasteiger partial charge in [0.1, 0.15) is 0 Å². The predicted octanol–water partition coefficient (Wildman–Crippen LogP) is 16.4. The molecule has 1 fully saturated rings. The molecule has 70 heavy (non-hydrogen) atoms. The van der Waals surface area contributed by atoms with Crippen LogP contribution in [-0.2, 0) is 16.2 Å². The number of anilines is 8. The SMILES string of the molecule is Cc1cc2c3c(c1)N(c1cccc4c1sc1ccccc14)c1cc(N4c5ccccc5C5(C)CCCCC45C)ccc1B3c1ccc(C(C)(C)C)cc1N2c1ccc(C(C)(C)C)cc1-c1ccccc1. The van der Waals surface area contributed by atoms with Crippen LogP contribution < -0.4 is 31.1 Å². The minimum Gasteiger partial charge on any atom is -0.334 e. The lowest BCUT2D eigenvalue weighted by atomic mass is 9.33. The fourth-order valence-corrected chi connectivity index (χ4v) is 14.5. The predicted molar refractivity (Wildman–Crippen MR) is 304 cm³/mol. The van der Waals surface area contributed by atoms with Crippen molar-refractivity contribution in [3.05, 3.63) is 186 Å². The van der Waals surface area contributed by atoms with Gasteiger partial charge >= 0.3 is 0 Å². The molecule has 0 N–H and O–H groups in total. The van der Waals surface area contributed by atoms with E-state index in [0.29, 0.717) is 0 Å². The molecule has 1 aromatic heterocycles. The van der Waals surface area contributed by atoms with Crippen LogP contribution in [0.3, 0.4) is 0 Å². The van der Waals surface area contributed by atoms with Crippen molar-refractivity contribution in [1.29, 1.82) is 0 Å². The van der Waals surface area contributed by atoms with E-state index in [-0.39, 0.29) is 28.5 Å². The maximum absolute atomic E-state index is 2.76. The molecule has 0 saturated heterocycles. The van der Waals surface area contributed by atoms with Crippen LogP contribution in [0.5, 0.6) is 0 Å². The fourth-order valence-electron chi connectivity index (χ4n) is 13.3. The molecule has 0 radical (unpaired) electrons. The second-order valence-electron chi connectivity index (χ2n) is 23.4. The van der Waals surface area contributed by atoms with Crippen LogP contribution >= 0.6 is 11.3 Å². The molecule has 1 aliphatic carbocycles. The van der Waals surface area contributed by atoms with Gasteiger partial charge in [-0.3, -0.25) is 0 Å². The molecule has 4 heterocycles. The summed E-state index contributed by atoms with van der Waals surface area (Å²) >= 11 is 1.92. The summed E-state index contributed by atoms with van der Waals surface area (Å²) in [6.07, 6.45) is 4.88. The molecule has 5 heteroatoms. The molecular weight excluding hydrogens is 866 g/mol. The first-order chi connectivity index (χ1) is 33.6. The van der Waals surface area contributed by atoms with Crippen LogP contribution in [0.15, 0.2) is 164 Å². The highest BCUT2D eigenvalue weighted by Crippen LogP contribution is 2.61. The maximum atomic E-state index is 2.76. The van der Waals surface area contributed by atoms with E-state index in [4.69, 9.17) is 0 Å². The molecule has 3 nitrogen and oxygen atoms in total. The van der Waals surface area contributed by atoms with E-state index >= 15 is 0 Å².